The molecular formula is C14H17BrN2O2S2. The van der Waals surface area contributed by atoms with E-state index in [1.807, 2.05) is 24.3 Å². The van der Waals surface area contributed by atoms with E-state index in [2.05, 4.69) is 15.9 Å². The SMILES string of the molecule is CN(CC1CC1)S(=O)(=O)N(C)c1sc2ccccc2c1Br. The van der Waals surface area contributed by atoms with E-state index < -0.39 is 10.2 Å². The fourth-order valence-corrected chi connectivity index (χ4v) is 5.85. The summed E-state index contributed by atoms with van der Waals surface area (Å²) in [6.45, 7) is 0.606. The van der Waals surface area contributed by atoms with Crippen molar-refractivity contribution in [2.45, 2.75) is 12.8 Å². The van der Waals surface area contributed by atoms with Gasteiger partial charge in [-0.15, -0.1) is 11.3 Å². The highest BCUT2D eigenvalue weighted by atomic mass is 79.9. The summed E-state index contributed by atoms with van der Waals surface area (Å²) >= 11 is 5.03. The van der Waals surface area contributed by atoms with E-state index in [0.29, 0.717) is 12.5 Å². The van der Waals surface area contributed by atoms with Gasteiger partial charge in [-0.2, -0.15) is 12.7 Å². The van der Waals surface area contributed by atoms with E-state index >= 15 is 0 Å². The summed E-state index contributed by atoms with van der Waals surface area (Å²) in [7, 11) is -0.193. The molecule has 0 amide bonds. The van der Waals surface area contributed by atoms with Crippen LogP contribution in [0.2, 0.25) is 0 Å². The summed E-state index contributed by atoms with van der Waals surface area (Å²) in [6, 6.07) is 7.91. The fourth-order valence-electron chi connectivity index (χ4n) is 2.28. The molecule has 2 aromatic rings. The van der Waals surface area contributed by atoms with Crippen molar-refractivity contribution >= 4 is 52.6 Å². The summed E-state index contributed by atoms with van der Waals surface area (Å²) in [6.07, 6.45) is 2.27. The molecule has 0 spiro atoms. The molecule has 1 fully saturated rings. The number of nitrogens with zero attached hydrogens (tertiary/aromatic N) is 2. The van der Waals surface area contributed by atoms with Crippen LogP contribution in [0.25, 0.3) is 10.1 Å². The topological polar surface area (TPSA) is 40.6 Å². The van der Waals surface area contributed by atoms with Crippen molar-refractivity contribution in [1.29, 1.82) is 0 Å². The molecule has 1 aliphatic rings. The summed E-state index contributed by atoms with van der Waals surface area (Å²) in [5, 5.41) is 1.77. The van der Waals surface area contributed by atoms with Gasteiger partial charge < -0.3 is 0 Å². The van der Waals surface area contributed by atoms with Gasteiger partial charge in [0, 0.05) is 30.7 Å². The van der Waals surface area contributed by atoms with E-state index in [0.717, 1.165) is 32.4 Å². The highest BCUT2D eigenvalue weighted by molar-refractivity contribution is 9.10. The number of hydrogen-bond donors (Lipinski definition) is 0. The van der Waals surface area contributed by atoms with Crippen LogP contribution in [0, 0.1) is 5.92 Å². The number of halogens is 1. The lowest BCUT2D eigenvalue weighted by atomic mass is 10.3. The van der Waals surface area contributed by atoms with E-state index in [1.54, 1.807) is 14.1 Å². The van der Waals surface area contributed by atoms with E-state index in [4.69, 9.17) is 0 Å². The Morgan fingerprint density at radius 3 is 2.57 bits per heavy atom. The average Bonchev–Trinajstić information content (AvgIpc) is 3.21. The minimum atomic E-state index is -3.47. The maximum atomic E-state index is 12.7. The zero-order valence-electron chi connectivity index (χ0n) is 11.9. The third kappa shape index (κ3) is 2.84. The van der Waals surface area contributed by atoms with Crippen LogP contribution in [-0.2, 0) is 10.2 Å². The number of benzene rings is 1. The number of fused-ring (bicyclic) bond motifs is 1. The predicted molar refractivity (Wildman–Crippen MR) is 92.2 cm³/mol. The van der Waals surface area contributed by atoms with E-state index in [-0.39, 0.29) is 0 Å². The molecule has 0 saturated heterocycles. The number of anilines is 1. The molecular weight excluding hydrogens is 372 g/mol. The molecule has 1 aromatic heterocycles. The Kier molecular flexibility index (Phi) is 4.02. The van der Waals surface area contributed by atoms with Crippen LogP contribution in [0.3, 0.4) is 0 Å². The molecule has 4 nitrogen and oxygen atoms in total. The molecule has 1 saturated carbocycles. The second-order valence-corrected chi connectivity index (χ2v) is 9.31. The lowest BCUT2D eigenvalue weighted by Crippen LogP contribution is -2.40. The van der Waals surface area contributed by atoms with Crippen molar-refractivity contribution in [2.24, 2.45) is 5.92 Å². The third-order valence-corrected chi connectivity index (χ3v) is 8.00. The average molecular weight is 389 g/mol. The lowest BCUT2D eigenvalue weighted by Gasteiger charge is -2.25. The van der Waals surface area contributed by atoms with Gasteiger partial charge in [0.15, 0.2) is 0 Å². The van der Waals surface area contributed by atoms with Crippen molar-refractivity contribution in [3.63, 3.8) is 0 Å². The van der Waals surface area contributed by atoms with Crippen LogP contribution >= 0.6 is 27.3 Å². The molecule has 0 aliphatic heterocycles. The summed E-state index contributed by atoms with van der Waals surface area (Å²) < 4.78 is 30.1. The molecule has 1 aromatic carbocycles. The zero-order chi connectivity index (χ0) is 15.2. The van der Waals surface area contributed by atoms with Gasteiger partial charge in [-0.3, -0.25) is 4.31 Å². The van der Waals surface area contributed by atoms with Gasteiger partial charge in [0.1, 0.15) is 5.00 Å². The molecule has 0 unspecified atom stereocenters. The monoisotopic (exact) mass is 388 g/mol. The minimum Gasteiger partial charge on any atom is -0.250 e. The number of thiophene rings is 1. The molecule has 0 radical (unpaired) electrons. The van der Waals surface area contributed by atoms with Crippen LogP contribution < -0.4 is 4.31 Å². The van der Waals surface area contributed by atoms with Gasteiger partial charge in [0.05, 0.1) is 4.47 Å². The van der Waals surface area contributed by atoms with Gasteiger partial charge in [-0.1, -0.05) is 18.2 Å². The third-order valence-electron chi connectivity index (χ3n) is 3.76. The Morgan fingerprint density at radius 2 is 1.95 bits per heavy atom. The van der Waals surface area contributed by atoms with E-state index in [9.17, 15) is 8.42 Å². The Balaban J connectivity index is 1.95. The molecule has 7 heteroatoms. The van der Waals surface area contributed by atoms with Crippen LogP contribution in [0.5, 0.6) is 0 Å². The molecule has 1 aliphatic carbocycles. The molecule has 114 valence electrons. The lowest BCUT2D eigenvalue weighted by molar-refractivity contribution is 0.452. The fraction of sp³-hybridized carbons (Fsp3) is 0.429. The highest BCUT2D eigenvalue weighted by Gasteiger charge is 2.32. The van der Waals surface area contributed by atoms with Crippen LogP contribution in [0.1, 0.15) is 12.8 Å². The van der Waals surface area contributed by atoms with Crippen molar-refractivity contribution in [1.82, 2.24) is 4.31 Å². The molecule has 3 rings (SSSR count). The van der Waals surface area contributed by atoms with Gasteiger partial charge in [-0.25, -0.2) is 0 Å². The Labute approximate surface area is 137 Å². The van der Waals surface area contributed by atoms with Crippen molar-refractivity contribution in [3.05, 3.63) is 28.7 Å². The summed E-state index contributed by atoms with van der Waals surface area (Å²) in [4.78, 5) is 0. The molecule has 1 heterocycles. The smallest absolute Gasteiger partial charge is 0.250 e. The van der Waals surface area contributed by atoms with Crippen LogP contribution in [0.15, 0.2) is 28.7 Å². The molecule has 0 atom stereocenters. The number of hydrogen-bond acceptors (Lipinski definition) is 3. The van der Waals surface area contributed by atoms with Crippen LogP contribution in [0.4, 0.5) is 5.00 Å². The predicted octanol–water partition coefficient (Wildman–Crippen LogP) is 3.69. The van der Waals surface area contributed by atoms with Gasteiger partial charge in [0.25, 0.3) is 0 Å². The first-order valence-electron chi connectivity index (χ1n) is 6.78. The first kappa shape index (κ1) is 15.3. The summed E-state index contributed by atoms with van der Waals surface area (Å²) in [5.41, 5.74) is 0. The second kappa shape index (κ2) is 5.53. The van der Waals surface area contributed by atoms with Gasteiger partial charge in [-0.05, 0) is 40.8 Å². The summed E-state index contributed by atoms with van der Waals surface area (Å²) in [5.74, 6) is 0.532. The zero-order valence-corrected chi connectivity index (χ0v) is 15.1. The van der Waals surface area contributed by atoms with Crippen LogP contribution in [-0.4, -0.2) is 33.4 Å². The molecule has 0 bridgehead atoms. The second-order valence-electron chi connectivity index (χ2n) is 5.42. The first-order valence-corrected chi connectivity index (χ1v) is 9.79. The quantitative estimate of drug-likeness (QED) is 0.783. The standard InChI is InChI=1S/C14H17BrN2O2S2/c1-16(9-10-7-8-10)21(18,19)17(2)14-13(15)11-5-3-4-6-12(11)20-14/h3-6,10H,7-9H2,1-2H3. The highest BCUT2D eigenvalue weighted by Crippen LogP contribution is 2.42. The Morgan fingerprint density at radius 1 is 1.29 bits per heavy atom. The Bertz CT molecular complexity index is 768. The van der Waals surface area contributed by atoms with Crippen molar-refractivity contribution in [2.75, 3.05) is 24.9 Å². The maximum Gasteiger partial charge on any atom is 0.304 e. The van der Waals surface area contributed by atoms with Gasteiger partial charge in [0.2, 0.25) is 0 Å². The van der Waals surface area contributed by atoms with Gasteiger partial charge >= 0.3 is 10.2 Å². The van der Waals surface area contributed by atoms with E-state index in [1.165, 1.54) is 19.9 Å². The molecule has 0 N–H and O–H groups in total. The normalized spacial score (nSPS) is 15.8. The van der Waals surface area contributed by atoms with Crippen molar-refractivity contribution in [3.8, 4) is 0 Å². The maximum absolute atomic E-state index is 12.7. The largest absolute Gasteiger partial charge is 0.304 e. The first-order chi connectivity index (χ1) is 9.91. The van der Waals surface area contributed by atoms with Crippen molar-refractivity contribution < 1.29 is 8.42 Å². The Hall–Kier alpha value is -0.630. The molecule has 21 heavy (non-hydrogen) atoms. The minimum absolute atomic E-state index is 0.532. The number of rotatable bonds is 5.